The molecule has 0 aromatic heterocycles. The van der Waals surface area contributed by atoms with Gasteiger partial charge in [0.15, 0.2) is 0 Å². The van der Waals surface area contributed by atoms with Crippen molar-refractivity contribution in [3.63, 3.8) is 0 Å². The first-order chi connectivity index (χ1) is 14.0. The topological polar surface area (TPSA) is 74.6 Å². The quantitative estimate of drug-likeness (QED) is 0.591. The lowest BCUT2D eigenvalue weighted by molar-refractivity contribution is -0.112. The number of benzene rings is 2. The highest BCUT2D eigenvalue weighted by atomic mass is 16.5. The van der Waals surface area contributed by atoms with Crippen molar-refractivity contribution in [2.45, 2.75) is 19.8 Å². The summed E-state index contributed by atoms with van der Waals surface area (Å²) in [5.74, 6) is 0.807. The number of rotatable bonds is 6. The molecule has 29 heavy (non-hydrogen) atoms. The molecule has 0 aliphatic carbocycles. The number of aryl methyl sites for hydroxylation is 1. The molecule has 1 heterocycles. The van der Waals surface area contributed by atoms with Crippen LogP contribution in [0.2, 0.25) is 0 Å². The Kier molecular flexibility index (Phi) is 6.40. The third kappa shape index (κ3) is 4.69. The lowest BCUT2D eigenvalue weighted by atomic mass is 10.1. The van der Waals surface area contributed by atoms with Crippen LogP contribution in [-0.2, 0) is 4.79 Å². The molecule has 1 aliphatic rings. The molecule has 0 saturated carbocycles. The molecule has 2 aromatic rings. The van der Waals surface area contributed by atoms with Crippen LogP contribution in [0, 0.1) is 18.3 Å². The molecule has 0 atom stereocenters. The van der Waals surface area contributed by atoms with Crippen LogP contribution in [0.4, 0.5) is 11.4 Å². The summed E-state index contributed by atoms with van der Waals surface area (Å²) in [6.45, 7) is 3.88. The molecule has 2 aromatic carbocycles. The summed E-state index contributed by atoms with van der Waals surface area (Å²) in [6.07, 6.45) is 3.82. The zero-order valence-corrected chi connectivity index (χ0v) is 17.0. The van der Waals surface area contributed by atoms with E-state index in [0.29, 0.717) is 22.7 Å². The van der Waals surface area contributed by atoms with E-state index in [9.17, 15) is 10.1 Å². The fourth-order valence-electron chi connectivity index (χ4n) is 3.45. The van der Waals surface area contributed by atoms with Gasteiger partial charge in [0.05, 0.1) is 19.9 Å². The van der Waals surface area contributed by atoms with Crippen molar-refractivity contribution in [1.82, 2.24) is 0 Å². The summed E-state index contributed by atoms with van der Waals surface area (Å²) in [4.78, 5) is 14.9. The number of ether oxygens (including phenoxy) is 2. The zero-order valence-electron chi connectivity index (χ0n) is 17.0. The van der Waals surface area contributed by atoms with Crippen molar-refractivity contribution in [1.29, 1.82) is 5.26 Å². The Bertz CT molecular complexity index is 970. The van der Waals surface area contributed by atoms with Crippen molar-refractivity contribution in [2.75, 3.05) is 37.5 Å². The van der Waals surface area contributed by atoms with Crippen molar-refractivity contribution in [3.05, 3.63) is 53.1 Å². The molecular formula is C23H25N3O3. The summed E-state index contributed by atoms with van der Waals surface area (Å²) in [5.41, 5.74) is 3.23. The van der Waals surface area contributed by atoms with Gasteiger partial charge in [-0.05, 0) is 49.6 Å². The van der Waals surface area contributed by atoms with Crippen LogP contribution in [0.1, 0.15) is 24.0 Å². The number of hydrogen-bond acceptors (Lipinski definition) is 5. The molecule has 1 aliphatic heterocycles. The molecular weight excluding hydrogens is 366 g/mol. The van der Waals surface area contributed by atoms with Crippen molar-refractivity contribution < 1.29 is 14.3 Å². The average molecular weight is 391 g/mol. The van der Waals surface area contributed by atoms with Gasteiger partial charge in [-0.25, -0.2) is 0 Å². The van der Waals surface area contributed by atoms with Gasteiger partial charge in [0.25, 0.3) is 5.91 Å². The molecule has 0 spiro atoms. The third-order valence-electron chi connectivity index (χ3n) is 4.92. The highest BCUT2D eigenvalue weighted by molar-refractivity contribution is 6.10. The van der Waals surface area contributed by atoms with Crippen molar-refractivity contribution >= 4 is 23.4 Å². The van der Waals surface area contributed by atoms with Crippen LogP contribution in [0.5, 0.6) is 11.5 Å². The summed E-state index contributed by atoms with van der Waals surface area (Å²) in [7, 11) is 3.19. The van der Waals surface area contributed by atoms with Gasteiger partial charge in [0, 0.05) is 30.4 Å². The Morgan fingerprint density at radius 3 is 2.48 bits per heavy atom. The van der Waals surface area contributed by atoms with E-state index in [1.54, 1.807) is 20.3 Å². The minimum atomic E-state index is -0.470. The lowest BCUT2D eigenvalue weighted by Gasteiger charge is -2.22. The van der Waals surface area contributed by atoms with Gasteiger partial charge in [-0.15, -0.1) is 0 Å². The summed E-state index contributed by atoms with van der Waals surface area (Å²) in [6, 6.07) is 13.1. The zero-order chi connectivity index (χ0) is 20.8. The largest absolute Gasteiger partial charge is 0.496 e. The second kappa shape index (κ2) is 9.16. The van der Waals surface area contributed by atoms with Gasteiger partial charge in [-0.3, -0.25) is 4.79 Å². The molecule has 1 amide bonds. The van der Waals surface area contributed by atoms with E-state index in [1.165, 1.54) is 6.08 Å². The molecule has 0 bridgehead atoms. The number of nitrogens with one attached hydrogen (secondary N) is 1. The number of methoxy groups -OCH3 is 2. The van der Waals surface area contributed by atoms with Gasteiger partial charge >= 0.3 is 0 Å². The maximum absolute atomic E-state index is 12.6. The number of nitrogens with zero attached hydrogens (tertiary/aromatic N) is 2. The van der Waals surface area contributed by atoms with Crippen LogP contribution in [-0.4, -0.2) is 33.2 Å². The Hall–Kier alpha value is -3.46. The van der Waals surface area contributed by atoms with E-state index in [4.69, 9.17) is 9.47 Å². The summed E-state index contributed by atoms with van der Waals surface area (Å²) < 4.78 is 11.1. The van der Waals surface area contributed by atoms with Gasteiger partial charge in [-0.2, -0.15) is 5.26 Å². The smallest absolute Gasteiger partial charge is 0.266 e. The van der Waals surface area contributed by atoms with Crippen LogP contribution in [0.25, 0.3) is 6.08 Å². The predicted molar refractivity (Wildman–Crippen MR) is 114 cm³/mol. The Labute approximate surface area is 171 Å². The average Bonchev–Trinajstić information content (AvgIpc) is 3.26. The number of carbonyl (C=O) groups excluding carboxylic acids is 1. The second-order valence-corrected chi connectivity index (χ2v) is 6.95. The standard InChI is InChI=1S/C23H25N3O3/c1-16-7-6-8-19(11-16)25-23(27)18(15-24)12-17-13-22(29-3)20(14-21(17)28-2)26-9-4-5-10-26/h6-8,11-14H,4-5,9-10H2,1-3H3,(H,25,27)/b18-12-. The number of hydrogen-bond donors (Lipinski definition) is 1. The Morgan fingerprint density at radius 2 is 1.86 bits per heavy atom. The van der Waals surface area contributed by atoms with Crippen molar-refractivity contribution in [2.24, 2.45) is 0 Å². The van der Waals surface area contributed by atoms with E-state index in [-0.39, 0.29) is 5.57 Å². The first-order valence-electron chi connectivity index (χ1n) is 9.56. The van der Waals surface area contributed by atoms with Crippen LogP contribution >= 0.6 is 0 Å². The minimum Gasteiger partial charge on any atom is -0.496 e. The van der Waals surface area contributed by atoms with Gasteiger partial charge in [0.1, 0.15) is 23.1 Å². The van der Waals surface area contributed by atoms with Gasteiger partial charge in [-0.1, -0.05) is 12.1 Å². The summed E-state index contributed by atoms with van der Waals surface area (Å²) in [5, 5.41) is 12.3. The number of nitriles is 1. The van der Waals surface area contributed by atoms with E-state index < -0.39 is 5.91 Å². The Balaban J connectivity index is 1.93. The maximum atomic E-state index is 12.6. The van der Waals surface area contributed by atoms with Gasteiger partial charge in [0.2, 0.25) is 0 Å². The van der Waals surface area contributed by atoms with E-state index in [0.717, 1.165) is 37.2 Å². The molecule has 1 N–H and O–H groups in total. The highest BCUT2D eigenvalue weighted by Gasteiger charge is 2.20. The van der Waals surface area contributed by atoms with Crippen molar-refractivity contribution in [3.8, 4) is 17.6 Å². The van der Waals surface area contributed by atoms with Gasteiger partial charge < -0.3 is 19.7 Å². The molecule has 1 saturated heterocycles. The number of amides is 1. The first kappa shape index (κ1) is 20.3. The fourth-order valence-corrected chi connectivity index (χ4v) is 3.45. The number of anilines is 2. The maximum Gasteiger partial charge on any atom is 0.266 e. The SMILES string of the molecule is COc1cc(N2CCCC2)c(OC)cc1/C=C(/C#N)C(=O)Nc1cccc(C)c1. The Morgan fingerprint density at radius 1 is 1.14 bits per heavy atom. The first-order valence-corrected chi connectivity index (χ1v) is 9.56. The monoisotopic (exact) mass is 391 g/mol. The molecule has 6 heteroatoms. The molecule has 3 rings (SSSR count). The molecule has 150 valence electrons. The highest BCUT2D eigenvalue weighted by Crippen LogP contribution is 2.38. The lowest BCUT2D eigenvalue weighted by Crippen LogP contribution is -2.18. The van der Waals surface area contributed by atoms with E-state index in [2.05, 4.69) is 10.2 Å². The second-order valence-electron chi connectivity index (χ2n) is 6.95. The molecule has 1 fully saturated rings. The fraction of sp³-hybridized carbons (Fsp3) is 0.304. The van der Waals surface area contributed by atoms with Crippen LogP contribution in [0.15, 0.2) is 42.0 Å². The summed E-state index contributed by atoms with van der Waals surface area (Å²) >= 11 is 0. The molecule has 0 radical (unpaired) electrons. The van der Waals surface area contributed by atoms with Crippen LogP contribution in [0.3, 0.4) is 0 Å². The molecule has 6 nitrogen and oxygen atoms in total. The van der Waals surface area contributed by atoms with E-state index >= 15 is 0 Å². The molecule has 0 unspecified atom stereocenters. The van der Waals surface area contributed by atoms with E-state index in [1.807, 2.05) is 43.3 Å². The van der Waals surface area contributed by atoms with Crippen LogP contribution < -0.4 is 19.7 Å². The predicted octanol–water partition coefficient (Wildman–Crippen LogP) is 4.16. The number of carbonyl (C=O) groups is 1. The minimum absolute atomic E-state index is 0.0132. The normalized spacial score (nSPS) is 13.7. The third-order valence-corrected chi connectivity index (χ3v) is 4.92.